The first-order chi connectivity index (χ1) is 5.26. The van der Waals surface area contributed by atoms with Crippen LogP contribution >= 0.6 is 0 Å². The number of nitriles is 1. The van der Waals surface area contributed by atoms with Crippen LogP contribution in [0.1, 0.15) is 0 Å². The number of likely N-dealkylation sites (N-methyl/N-ethyl adjacent to an activating group) is 1. The molecule has 0 aromatic rings. The lowest BCUT2D eigenvalue weighted by molar-refractivity contribution is 0.501. The van der Waals surface area contributed by atoms with Crippen molar-refractivity contribution in [2.24, 2.45) is 10.7 Å². The quantitative estimate of drug-likeness (QED) is 0.230. The summed E-state index contributed by atoms with van der Waals surface area (Å²) >= 11 is 0. The van der Waals surface area contributed by atoms with E-state index in [1.807, 2.05) is 7.05 Å². The van der Waals surface area contributed by atoms with Crippen LogP contribution in [0.25, 0.3) is 0 Å². The molecule has 0 unspecified atom stereocenters. The van der Waals surface area contributed by atoms with Crippen molar-refractivity contribution in [3.05, 3.63) is 0 Å². The predicted octanol–water partition coefficient (Wildman–Crippen LogP) is -1.07. The topological polar surface area (TPSA) is 77.4 Å². The molecule has 3 N–H and O–H groups in total. The van der Waals surface area contributed by atoms with E-state index in [1.165, 1.54) is 0 Å². The number of rotatable bonds is 2. The minimum absolute atomic E-state index is 0.540. The highest BCUT2D eigenvalue weighted by molar-refractivity contribution is 5.80. The van der Waals surface area contributed by atoms with Gasteiger partial charge in [0.2, 0.25) is 5.96 Å². The van der Waals surface area contributed by atoms with Crippen molar-refractivity contribution < 1.29 is 0 Å². The van der Waals surface area contributed by atoms with E-state index >= 15 is 0 Å². The van der Waals surface area contributed by atoms with E-state index in [1.54, 1.807) is 18.1 Å². The molecular formula is C6H13N5. The summed E-state index contributed by atoms with van der Waals surface area (Å²) in [6.07, 6.45) is 1.79. The largest absolute Gasteiger partial charge is 0.344 e. The molecule has 0 rings (SSSR count). The summed E-state index contributed by atoms with van der Waals surface area (Å²) in [4.78, 5) is 5.63. The van der Waals surface area contributed by atoms with E-state index in [9.17, 15) is 0 Å². The van der Waals surface area contributed by atoms with Crippen molar-refractivity contribution in [1.82, 2.24) is 10.2 Å². The minimum atomic E-state index is 0.540. The Balaban J connectivity index is 3.95. The lowest BCUT2D eigenvalue weighted by Crippen LogP contribution is -2.39. The van der Waals surface area contributed by atoms with Gasteiger partial charge in [-0.2, -0.15) is 5.26 Å². The van der Waals surface area contributed by atoms with E-state index in [0.717, 1.165) is 0 Å². The smallest absolute Gasteiger partial charge is 0.206 e. The molecule has 0 atom stereocenters. The maximum absolute atomic E-state index is 8.29. The number of aliphatic imine (C=N–C) groups is 1. The molecule has 0 aliphatic heterocycles. The summed E-state index contributed by atoms with van der Waals surface area (Å²) in [7, 11) is 3.44. The number of nitrogens with two attached hydrogens (primary N) is 1. The van der Waals surface area contributed by atoms with E-state index < -0.39 is 0 Å². The molecular weight excluding hydrogens is 142 g/mol. The van der Waals surface area contributed by atoms with E-state index in [2.05, 4.69) is 10.3 Å². The Kier molecular flexibility index (Phi) is 4.86. The van der Waals surface area contributed by atoms with Gasteiger partial charge in [0.25, 0.3) is 0 Å². The maximum atomic E-state index is 8.29. The second-order valence-corrected chi connectivity index (χ2v) is 1.99. The summed E-state index contributed by atoms with van der Waals surface area (Å²) in [5, 5.41) is 10.7. The fourth-order valence-corrected chi connectivity index (χ4v) is 0.672. The average molecular weight is 155 g/mol. The van der Waals surface area contributed by atoms with Gasteiger partial charge in [-0.25, -0.2) is 0 Å². The Labute approximate surface area is 66.5 Å². The van der Waals surface area contributed by atoms with Gasteiger partial charge in [-0.15, -0.1) is 0 Å². The first-order valence-electron chi connectivity index (χ1n) is 3.29. The summed E-state index contributed by atoms with van der Waals surface area (Å²) in [6.45, 7) is 1.23. The summed E-state index contributed by atoms with van der Waals surface area (Å²) in [5.74, 6) is 0.540. The van der Waals surface area contributed by atoms with Crippen LogP contribution < -0.4 is 11.1 Å². The first kappa shape index (κ1) is 9.72. The van der Waals surface area contributed by atoms with Crippen LogP contribution in [0.15, 0.2) is 4.99 Å². The van der Waals surface area contributed by atoms with Crippen molar-refractivity contribution in [2.45, 2.75) is 0 Å². The monoisotopic (exact) mass is 155 g/mol. The highest BCUT2D eigenvalue weighted by Crippen LogP contribution is 1.81. The zero-order valence-electron chi connectivity index (χ0n) is 6.83. The zero-order chi connectivity index (χ0) is 8.69. The lowest BCUT2D eigenvalue weighted by Gasteiger charge is -2.17. The third-order valence-corrected chi connectivity index (χ3v) is 1.21. The summed E-state index contributed by atoms with van der Waals surface area (Å²) in [5.41, 5.74) is 5.31. The molecule has 0 saturated heterocycles. The normalized spacial score (nSPS) is 10.5. The first-order valence-corrected chi connectivity index (χ1v) is 3.29. The van der Waals surface area contributed by atoms with Crippen molar-refractivity contribution in [3.63, 3.8) is 0 Å². The van der Waals surface area contributed by atoms with Crippen LogP contribution in [0.5, 0.6) is 0 Å². The predicted molar refractivity (Wildman–Crippen MR) is 43.8 cm³/mol. The van der Waals surface area contributed by atoms with Gasteiger partial charge in [0.05, 0.1) is 0 Å². The van der Waals surface area contributed by atoms with E-state index in [0.29, 0.717) is 19.0 Å². The molecule has 0 aromatic heterocycles. The molecule has 0 fully saturated rings. The van der Waals surface area contributed by atoms with Gasteiger partial charge in [0, 0.05) is 27.2 Å². The number of nitrogens with one attached hydrogen (secondary N) is 1. The molecule has 0 aliphatic rings. The zero-order valence-corrected chi connectivity index (χ0v) is 6.83. The second kappa shape index (κ2) is 5.50. The van der Waals surface area contributed by atoms with E-state index in [4.69, 9.17) is 11.0 Å². The van der Waals surface area contributed by atoms with Crippen LogP contribution in [0.4, 0.5) is 0 Å². The average Bonchev–Trinajstić information content (AvgIpc) is 2.00. The number of hydrogen-bond acceptors (Lipinski definition) is 3. The maximum Gasteiger partial charge on any atom is 0.206 e. The Bertz CT molecular complexity index is 168. The van der Waals surface area contributed by atoms with Gasteiger partial charge >= 0.3 is 0 Å². The third kappa shape index (κ3) is 3.43. The lowest BCUT2D eigenvalue weighted by atomic mass is 10.6. The summed E-state index contributed by atoms with van der Waals surface area (Å²) < 4.78 is 0. The number of hydrogen-bond donors (Lipinski definition) is 2. The molecule has 0 heterocycles. The highest BCUT2D eigenvalue weighted by atomic mass is 15.3. The van der Waals surface area contributed by atoms with Gasteiger partial charge in [-0.05, 0) is 0 Å². The molecule has 0 amide bonds. The minimum Gasteiger partial charge on any atom is -0.344 e. The third-order valence-electron chi connectivity index (χ3n) is 1.21. The van der Waals surface area contributed by atoms with Gasteiger partial charge in [-0.3, -0.25) is 10.3 Å². The molecule has 11 heavy (non-hydrogen) atoms. The van der Waals surface area contributed by atoms with Gasteiger partial charge < -0.3 is 10.6 Å². The fourth-order valence-electron chi connectivity index (χ4n) is 0.672. The number of nitrogens with zero attached hydrogens (tertiary/aromatic N) is 3. The standard InChI is InChI=1S/C6H13N5/c1-9-6(10-5-8)11(2)4-3-7/h3-4,7H2,1-2H3,(H,9,10). The molecule has 0 radical (unpaired) electrons. The molecule has 0 bridgehead atoms. The fraction of sp³-hybridized carbons (Fsp3) is 0.667. The van der Waals surface area contributed by atoms with Crippen molar-refractivity contribution >= 4 is 5.96 Å². The molecule has 0 aromatic carbocycles. The van der Waals surface area contributed by atoms with Crippen LogP contribution in [-0.4, -0.2) is 38.0 Å². The van der Waals surface area contributed by atoms with Crippen LogP contribution in [0.3, 0.4) is 0 Å². The van der Waals surface area contributed by atoms with Gasteiger partial charge in [0.1, 0.15) is 0 Å². The molecule has 62 valence electrons. The van der Waals surface area contributed by atoms with Crippen LogP contribution in [0.2, 0.25) is 0 Å². The van der Waals surface area contributed by atoms with Crippen molar-refractivity contribution in [3.8, 4) is 6.19 Å². The Morgan fingerprint density at radius 2 is 2.45 bits per heavy atom. The van der Waals surface area contributed by atoms with Crippen molar-refractivity contribution in [1.29, 1.82) is 5.26 Å². The van der Waals surface area contributed by atoms with Crippen molar-refractivity contribution in [2.75, 3.05) is 27.2 Å². The Morgan fingerprint density at radius 3 is 2.82 bits per heavy atom. The molecule has 0 saturated carbocycles. The van der Waals surface area contributed by atoms with Crippen LogP contribution in [0, 0.1) is 11.5 Å². The van der Waals surface area contributed by atoms with Crippen LogP contribution in [-0.2, 0) is 0 Å². The number of guanidine groups is 1. The summed E-state index contributed by atoms with van der Waals surface area (Å²) in [6, 6.07) is 0. The Hall–Kier alpha value is -1.28. The SMILES string of the molecule is CN=C(NC#N)N(C)CCN. The Morgan fingerprint density at radius 1 is 1.82 bits per heavy atom. The van der Waals surface area contributed by atoms with E-state index in [-0.39, 0.29) is 0 Å². The van der Waals surface area contributed by atoms with Gasteiger partial charge in [-0.1, -0.05) is 0 Å². The highest BCUT2D eigenvalue weighted by Gasteiger charge is 2.01. The molecule has 0 aliphatic carbocycles. The second-order valence-electron chi connectivity index (χ2n) is 1.99. The van der Waals surface area contributed by atoms with Gasteiger partial charge in [0.15, 0.2) is 6.19 Å². The molecule has 0 spiro atoms. The molecule has 5 heteroatoms. The molecule has 5 nitrogen and oxygen atoms in total.